The monoisotopic (exact) mass is 385 g/mol. The van der Waals surface area contributed by atoms with Crippen LogP contribution in [0.1, 0.15) is 17.4 Å². The van der Waals surface area contributed by atoms with Crippen LogP contribution in [0, 0.1) is 0 Å². The minimum Gasteiger partial charge on any atom is -0.338 e. The molecule has 0 saturated carbocycles. The lowest BCUT2D eigenvalue weighted by Crippen LogP contribution is -2.52. The number of carbonyl (C=O) groups excluding carboxylic acids is 1. The fourth-order valence-electron chi connectivity index (χ4n) is 3.53. The third-order valence-electron chi connectivity index (χ3n) is 5.16. The summed E-state index contributed by atoms with van der Waals surface area (Å²) < 4.78 is 5.37. The van der Waals surface area contributed by atoms with Crippen molar-refractivity contribution in [3.05, 3.63) is 78.3 Å². The Bertz CT molecular complexity index is 1150. The van der Waals surface area contributed by atoms with E-state index in [1.807, 2.05) is 42.5 Å². The summed E-state index contributed by atoms with van der Waals surface area (Å²) in [5.74, 6) is 1.08. The molecule has 0 spiro atoms. The van der Waals surface area contributed by atoms with E-state index in [-0.39, 0.29) is 11.9 Å². The Balaban J connectivity index is 1.18. The molecule has 1 fully saturated rings. The van der Waals surface area contributed by atoms with Crippen LogP contribution in [0.2, 0.25) is 0 Å². The fourth-order valence-corrected chi connectivity index (χ4v) is 3.53. The number of likely N-dealkylation sites (tertiary alicyclic amines) is 1. The first-order chi connectivity index (χ1) is 14.3. The molecule has 144 valence electrons. The zero-order valence-corrected chi connectivity index (χ0v) is 15.7. The lowest BCUT2D eigenvalue weighted by atomic mass is 10.0. The van der Waals surface area contributed by atoms with Crippen molar-refractivity contribution < 1.29 is 9.32 Å². The molecule has 0 unspecified atom stereocenters. The minimum absolute atomic E-state index is 0.0586. The van der Waals surface area contributed by atoms with E-state index in [1.165, 1.54) is 5.39 Å². The summed E-state index contributed by atoms with van der Waals surface area (Å²) in [6.07, 6.45) is 1.69. The van der Waals surface area contributed by atoms with Gasteiger partial charge in [-0.05, 0) is 28.5 Å². The average Bonchev–Trinajstić information content (AvgIpc) is 3.21. The molecular weight excluding hydrogens is 366 g/mol. The Morgan fingerprint density at radius 3 is 2.76 bits per heavy atom. The standard InChI is InChI=1S/C22H19N5O2/c28-22(24-12-16-8-5-7-15-6-1-2-9-18(15)16)27-13-17(14-27)21-25-20(26-29-21)19-10-3-4-11-23-19/h1-11,17H,12-14H2,(H,24,28). The quantitative estimate of drug-likeness (QED) is 0.580. The van der Waals surface area contributed by atoms with Gasteiger partial charge in [0.15, 0.2) is 0 Å². The van der Waals surface area contributed by atoms with E-state index in [4.69, 9.17) is 4.52 Å². The maximum Gasteiger partial charge on any atom is 0.317 e. The Hall–Kier alpha value is -3.74. The summed E-state index contributed by atoms with van der Waals surface area (Å²) in [6, 6.07) is 19.8. The zero-order chi connectivity index (χ0) is 19.6. The molecule has 2 aromatic heterocycles. The van der Waals surface area contributed by atoms with Gasteiger partial charge in [0.1, 0.15) is 5.69 Å². The van der Waals surface area contributed by atoms with Crippen LogP contribution in [-0.4, -0.2) is 39.1 Å². The number of pyridine rings is 1. The van der Waals surface area contributed by atoms with Crippen molar-refractivity contribution in [2.45, 2.75) is 12.5 Å². The summed E-state index contributed by atoms with van der Waals surface area (Å²) in [5.41, 5.74) is 1.77. The molecule has 2 aromatic carbocycles. The number of rotatable bonds is 4. The molecule has 2 amide bonds. The van der Waals surface area contributed by atoms with Gasteiger partial charge < -0.3 is 14.7 Å². The molecule has 0 aliphatic carbocycles. The third-order valence-corrected chi connectivity index (χ3v) is 5.16. The third kappa shape index (κ3) is 3.42. The number of fused-ring (bicyclic) bond motifs is 1. The molecule has 7 nitrogen and oxygen atoms in total. The van der Waals surface area contributed by atoms with Gasteiger partial charge in [-0.15, -0.1) is 0 Å². The van der Waals surface area contributed by atoms with Crippen molar-refractivity contribution in [3.63, 3.8) is 0 Å². The summed E-state index contributed by atoms with van der Waals surface area (Å²) in [6.45, 7) is 1.61. The molecule has 7 heteroatoms. The predicted octanol–water partition coefficient (Wildman–Crippen LogP) is 3.59. The van der Waals surface area contributed by atoms with Crippen LogP contribution in [0.4, 0.5) is 4.79 Å². The van der Waals surface area contributed by atoms with Crippen molar-refractivity contribution in [2.75, 3.05) is 13.1 Å². The van der Waals surface area contributed by atoms with Crippen molar-refractivity contribution in [1.29, 1.82) is 0 Å². The summed E-state index contributed by atoms with van der Waals surface area (Å²) in [7, 11) is 0. The second-order valence-electron chi connectivity index (χ2n) is 7.07. The highest BCUT2D eigenvalue weighted by molar-refractivity contribution is 5.86. The number of hydrogen-bond donors (Lipinski definition) is 1. The highest BCUT2D eigenvalue weighted by Gasteiger charge is 2.35. The number of nitrogens with zero attached hydrogens (tertiary/aromatic N) is 4. The lowest BCUT2D eigenvalue weighted by molar-refractivity contribution is 0.136. The lowest BCUT2D eigenvalue weighted by Gasteiger charge is -2.36. The van der Waals surface area contributed by atoms with E-state index in [0.29, 0.717) is 37.0 Å². The second kappa shape index (κ2) is 7.35. The summed E-state index contributed by atoms with van der Waals surface area (Å²) in [4.78, 5) is 22.9. The normalized spacial score (nSPS) is 14.0. The first kappa shape index (κ1) is 17.4. The number of nitrogens with one attached hydrogen (secondary N) is 1. The molecule has 1 aliphatic rings. The molecule has 0 radical (unpaired) electrons. The Kier molecular flexibility index (Phi) is 4.40. The molecule has 1 N–H and O–H groups in total. The minimum atomic E-state index is -0.0846. The van der Waals surface area contributed by atoms with Gasteiger partial charge in [0.2, 0.25) is 11.7 Å². The van der Waals surface area contributed by atoms with Crippen LogP contribution < -0.4 is 5.32 Å². The van der Waals surface area contributed by atoms with Gasteiger partial charge in [-0.25, -0.2) is 4.79 Å². The van der Waals surface area contributed by atoms with Crippen LogP contribution in [0.25, 0.3) is 22.3 Å². The van der Waals surface area contributed by atoms with E-state index >= 15 is 0 Å². The summed E-state index contributed by atoms with van der Waals surface area (Å²) >= 11 is 0. The van der Waals surface area contributed by atoms with Crippen LogP contribution in [0.3, 0.4) is 0 Å². The topological polar surface area (TPSA) is 84.2 Å². The number of urea groups is 1. The van der Waals surface area contributed by atoms with Crippen LogP contribution in [-0.2, 0) is 6.54 Å². The van der Waals surface area contributed by atoms with Gasteiger partial charge in [0.05, 0.1) is 5.92 Å². The molecule has 1 saturated heterocycles. The number of aromatic nitrogens is 3. The Morgan fingerprint density at radius 1 is 1.07 bits per heavy atom. The maximum atomic E-state index is 12.5. The van der Waals surface area contributed by atoms with Crippen LogP contribution in [0.15, 0.2) is 71.4 Å². The highest BCUT2D eigenvalue weighted by atomic mass is 16.5. The molecular formula is C22H19N5O2. The molecule has 3 heterocycles. The van der Waals surface area contributed by atoms with Gasteiger partial charge in [0, 0.05) is 25.8 Å². The maximum absolute atomic E-state index is 12.5. The van der Waals surface area contributed by atoms with Gasteiger partial charge in [0.25, 0.3) is 0 Å². The van der Waals surface area contributed by atoms with Gasteiger partial charge in [-0.3, -0.25) is 4.98 Å². The van der Waals surface area contributed by atoms with E-state index < -0.39 is 0 Å². The van der Waals surface area contributed by atoms with Gasteiger partial charge >= 0.3 is 6.03 Å². The Morgan fingerprint density at radius 2 is 1.90 bits per heavy atom. The van der Waals surface area contributed by atoms with E-state index in [0.717, 1.165) is 10.9 Å². The number of amides is 2. The zero-order valence-electron chi connectivity index (χ0n) is 15.7. The highest BCUT2D eigenvalue weighted by Crippen LogP contribution is 2.27. The molecule has 0 atom stereocenters. The first-order valence-electron chi connectivity index (χ1n) is 9.52. The number of hydrogen-bond acceptors (Lipinski definition) is 5. The SMILES string of the molecule is O=C(NCc1cccc2ccccc12)N1CC(c2nc(-c3ccccn3)no2)C1. The van der Waals surface area contributed by atoms with Crippen molar-refractivity contribution in [1.82, 2.24) is 25.3 Å². The van der Waals surface area contributed by atoms with Crippen LogP contribution >= 0.6 is 0 Å². The molecule has 0 bridgehead atoms. The van der Waals surface area contributed by atoms with E-state index in [1.54, 1.807) is 11.1 Å². The van der Waals surface area contributed by atoms with E-state index in [9.17, 15) is 4.79 Å². The average molecular weight is 385 g/mol. The summed E-state index contributed by atoms with van der Waals surface area (Å²) in [5, 5.41) is 9.33. The largest absolute Gasteiger partial charge is 0.338 e. The number of carbonyl (C=O) groups is 1. The number of benzene rings is 2. The van der Waals surface area contributed by atoms with Crippen LogP contribution in [0.5, 0.6) is 0 Å². The first-order valence-corrected chi connectivity index (χ1v) is 9.52. The van der Waals surface area contributed by atoms with E-state index in [2.05, 4.69) is 38.6 Å². The molecule has 29 heavy (non-hydrogen) atoms. The Labute approximate surface area is 167 Å². The predicted molar refractivity (Wildman–Crippen MR) is 108 cm³/mol. The van der Waals surface area contributed by atoms with Crippen molar-refractivity contribution >= 4 is 16.8 Å². The molecule has 5 rings (SSSR count). The second-order valence-corrected chi connectivity index (χ2v) is 7.07. The molecule has 1 aliphatic heterocycles. The molecule has 4 aromatic rings. The van der Waals surface area contributed by atoms with Crippen molar-refractivity contribution in [2.24, 2.45) is 0 Å². The van der Waals surface area contributed by atoms with Crippen molar-refractivity contribution in [3.8, 4) is 11.5 Å². The van der Waals surface area contributed by atoms with Gasteiger partial charge in [-0.1, -0.05) is 53.7 Å². The fraction of sp³-hybridized carbons (Fsp3) is 0.182. The van der Waals surface area contributed by atoms with Gasteiger partial charge in [-0.2, -0.15) is 4.98 Å². The smallest absolute Gasteiger partial charge is 0.317 e.